The molecule has 29 heavy (non-hydrogen) atoms. The predicted molar refractivity (Wildman–Crippen MR) is 108 cm³/mol. The van der Waals surface area contributed by atoms with Crippen LogP contribution in [0.3, 0.4) is 0 Å². The van der Waals surface area contributed by atoms with Gasteiger partial charge in [0, 0.05) is 37.5 Å². The first-order valence-electron chi connectivity index (χ1n) is 9.97. The number of nitrogens with zero attached hydrogens (tertiary/aromatic N) is 2. The number of benzene rings is 1. The molecule has 1 aromatic rings. The summed E-state index contributed by atoms with van der Waals surface area (Å²) < 4.78 is 5.52. The van der Waals surface area contributed by atoms with Gasteiger partial charge in [0.15, 0.2) is 6.10 Å². The molecule has 2 N–H and O–H groups in total. The summed E-state index contributed by atoms with van der Waals surface area (Å²) in [6.45, 7) is 3.24. The fraction of sp³-hybridized carbons (Fsp3) is 0.476. The van der Waals surface area contributed by atoms with E-state index in [-0.39, 0.29) is 24.4 Å². The first kappa shape index (κ1) is 20.9. The van der Waals surface area contributed by atoms with Gasteiger partial charge in [-0.15, -0.1) is 0 Å². The Balaban J connectivity index is 1.59. The molecule has 0 spiro atoms. The van der Waals surface area contributed by atoms with Gasteiger partial charge in [-0.2, -0.15) is 0 Å². The van der Waals surface area contributed by atoms with E-state index in [0.717, 1.165) is 17.7 Å². The third-order valence-corrected chi connectivity index (χ3v) is 5.23. The average Bonchev–Trinajstić information content (AvgIpc) is 2.98. The summed E-state index contributed by atoms with van der Waals surface area (Å²) in [5.41, 5.74) is 2.09. The molecular weight excluding hydrogens is 374 g/mol. The van der Waals surface area contributed by atoms with Gasteiger partial charge in [-0.3, -0.25) is 9.59 Å². The summed E-state index contributed by atoms with van der Waals surface area (Å²) in [6, 6.07) is 7.50. The SMILES string of the molecule is CCC(C=CC(=O)N1CCc2ccccc21)NC(=O)[C@@H]1CN(C(=O)O)CCCO1. The highest BCUT2D eigenvalue weighted by molar-refractivity contribution is 6.03. The van der Waals surface area contributed by atoms with Crippen LogP contribution in [-0.4, -0.2) is 66.3 Å². The Bertz CT molecular complexity index is 794. The van der Waals surface area contributed by atoms with E-state index in [1.54, 1.807) is 11.0 Å². The van der Waals surface area contributed by atoms with Crippen LogP contribution in [0.1, 0.15) is 25.3 Å². The minimum Gasteiger partial charge on any atom is -0.465 e. The lowest BCUT2D eigenvalue weighted by molar-refractivity contribution is -0.133. The second-order valence-corrected chi connectivity index (χ2v) is 7.19. The Kier molecular flexibility index (Phi) is 6.87. The maximum Gasteiger partial charge on any atom is 0.407 e. The Morgan fingerprint density at radius 3 is 2.86 bits per heavy atom. The topological polar surface area (TPSA) is 99.2 Å². The highest BCUT2D eigenvalue weighted by Gasteiger charge is 2.28. The number of anilines is 1. The molecule has 2 atom stereocenters. The molecule has 156 valence electrons. The fourth-order valence-electron chi connectivity index (χ4n) is 3.58. The monoisotopic (exact) mass is 401 g/mol. The van der Waals surface area contributed by atoms with Crippen molar-refractivity contribution in [3.8, 4) is 0 Å². The molecule has 3 amide bonds. The molecule has 3 rings (SSSR count). The quantitative estimate of drug-likeness (QED) is 0.733. The molecule has 0 aliphatic carbocycles. The van der Waals surface area contributed by atoms with E-state index in [1.165, 1.54) is 11.0 Å². The zero-order valence-corrected chi connectivity index (χ0v) is 16.5. The Labute approximate surface area is 170 Å². The Morgan fingerprint density at radius 2 is 2.10 bits per heavy atom. The van der Waals surface area contributed by atoms with E-state index < -0.39 is 12.2 Å². The molecule has 8 heteroatoms. The lowest BCUT2D eigenvalue weighted by atomic mass is 10.1. The van der Waals surface area contributed by atoms with Crippen molar-refractivity contribution >= 4 is 23.6 Å². The number of nitrogens with one attached hydrogen (secondary N) is 1. The number of para-hydroxylation sites is 1. The van der Waals surface area contributed by atoms with Crippen molar-refractivity contribution in [1.29, 1.82) is 0 Å². The van der Waals surface area contributed by atoms with E-state index in [2.05, 4.69) is 5.32 Å². The predicted octanol–water partition coefficient (Wildman–Crippen LogP) is 1.80. The number of amides is 3. The van der Waals surface area contributed by atoms with Gasteiger partial charge >= 0.3 is 6.09 Å². The van der Waals surface area contributed by atoms with Crippen LogP contribution in [0.15, 0.2) is 36.4 Å². The summed E-state index contributed by atoms with van der Waals surface area (Å²) in [7, 11) is 0. The first-order chi connectivity index (χ1) is 14.0. The minimum atomic E-state index is -1.06. The summed E-state index contributed by atoms with van der Waals surface area (Å²) in [6.07, 6.45) is 3.26. The summed E-state index contributed by atoms with van der Waals surface area (Å²) in [4.78, 5) is 39.3. The van der Waals surface area contributed by atoms with Crippen molar-refractivity contribution in [2.45, 2.75) is 38.3 Å². The highest BCUT2D eigenvalue weighted by atomic mass is 16.5. The Hall–Kier alpha value is -2.87. The third-order valence-electron chi connectivity index (χ3n) is 5.23. The molecule has 1 saturated heterocycles. The first-order valence-corrected chi connectivity index (χ1v) is 9.97. The van der Waals surface area contributed by atoms with Gasteiger partial charge in [0.2, 0.25) is 0 Å². The number of carbonyl (C=O) groups excluding carboxylic acids is 2. The number of hydrogen-bond donors (Lipinski definition) is 2. The molecule has 0 aromatic heterocycles. The fourth-order valence-corrected chi connectivity index (χ4v) is 3.58. The largest absolute Gasteiger partial charge is 0.465 e. The van der Waals surface area contributed by atoms with Crippen molar-refractivity contribution in [3.63, 3.8) is 0 Å². The molecule has 1 unspecified atom stereocenters. The number of carbonyl (C=O) groups is 3. The number of rotatable bonds is 5. The summed E-state index contributed by atoms with van der Waals surface area (Å²) in [5.74, 6) is -0.487. The van der Waals surface area contributed by atoms with Gasteiger partial charge in [-0.05, 0) is 30.9 Å². The van der Waals surface area contributed by atoms with Gasteiger partial charge in [0.05, 0.1) is 6.54 Å². The molecule has 0 saturated carbocycles. The van der Waals surface area contributed by atoms with Crippen LogP contribution in [0.5, 0.6) is 0 Å². The normalized spacial score (nSPS) is 20.2. The summed E-state index contributed by atoms with van der Waals surface area (Å²) in [5, 5.41) is 12.0. The van der Waals surface area contributed by atoms with Crippen LogP contribution in [-0.2, 0) is 20.7 Å². The highest BCUT2D eigenvalue weighted by Crippen LogP contribution is 2.27. The van der Waals surface area contributed by atoms with Crippen molar-refractivity contribution in [1.82, 2.24) is 10.2 Å². The van der Waals surface area contributed by atoms with Gasteiger partial charge in [0.25, 0.3) is 11.8 Å². The van der Waals surface area contributed by atoms with Crippen LogP contribution in [0, 0.1) is 0 Å². The van der Waals surface area contributed by atoms with Crippen LogP contribution in [0.2, 0.25) is 0 Å². The number of fused-ring (bicyclic) bond motifs is 1. The maximum atomic E-state index is 12.6. The van der Waals surface area contributed by atoms with Crippen LogP contribution in [0.4, 0.5) is 10.5 Å². The lowest BCUT2D eigenvalue weighted by Gasteiger charge is -2.22. The standard InChI is InChI=1S/C21H27N3O5/c1-2-16(22-20(26)18-14-23(21(27)28)11-5-13-29-18)8-9-19(25)24-12-10-15-6-3-4-7-17(15)24/h3-4,6-9,16,18H,2,5,10-14H2,1H3,(H,22,26)(H,27,28)/t16?,18-/m0/s1. The minimum absolute atomic E-state index is 0.00477. The maximum absolute atomic E-state index is 12.6. The molecule has 0 bridgehead atoms. The van der Waals surface area contributed by atoms with Crippen LogP contribution >= 0.6 is 0 Å². The van der Waals surface area contributed by atoms with Gasteiger partial charge in [-0.1, -0.05) is 31.2 Å². The van der Waals surface area contributed by atoms with E-state index in [1.807, 2.05) is 31.2 Å². The molecule has 2 heterocycles. The summed E-state index contributed by atoms with van der Waals surface area (Å²) >= 11 is 0. The van der Waals surface area contributed by atoms with E-state index >= 15 is 0 Å². The molecule has 8 nitrogen and oxygen atoms in total. The molecule has 0 radical (unpaired) electrons. The van der Waals surface area contributed by atoms with Gasteiger partial charge < -0.3 is 25.0 Å². The van der Waals surface area contributed by atoms with Crippen LogP contribution in [0.25, 0.3) is 0 Å². The van der Waals surface area contributed by atoms with Gasteiger partial charge in [-0.25, -0.2) is 4.79 Å². The zero-order chi connectivity index (χ0) is 20.8. The lowest BCUT2D eigenvalue weighted by Crippen LogP contribution is -2.47. The molecule has 1 aromatic carbocycles. The molecule has 2 aliphatic rings. The van der Waals surface area contributed by atoms with Crippen molar-refractivity contribution in [2.24, 2.45) is 0 Å². The number of carboxylic acid groups (broad SMARTS) is 1. The van der Waals surface area contributed by atoms with E-state index in [9.17, 15) is 19.5 Å². The second-order valence-electron chi connectivity index (χ2n) is 7.19. The number of ether oxygens (including phenoxy) is 1. The molecular formula is C21H27N3O5. The Morgan fingerprint density at radius 1 is 1.31 bits per heavy atom. The zero-order valence-electron chi connectivity index (χ0n) is 16.5. The molecule has 1 fully saturated rings. The third kappa shape index (κ3) is 5.14. The van der Waals surface area contributed by atoms with Crippen molar-refractivity contribution < 1.29 is 24.2 Å². The second kappa shape index (κ2) is 9.56. The number of hydrogen-bond acceptors (Lipinski definition) is 4. The van der Waals surface area contributed by atoms with E-state index in [4.69, 9.17) is 4.74 Å². The smallest absolute Gasteiger partial charge is 0.407 e. The van der Waals surface area contributed by atoms with Crippen molar-refractivity contribution in [2.75, 3.05) is 31.1 Å². The average molecular weight is 401 g/mol. The van der Waals surface area contributed by atoms with Crippen molar-refractivity contribution in [3.05, 3.63) is 42.0 Å². The van der Waals surface area contributed by atoms with Crippen LogP contribution < -0.4 is 10.2 Å². The van der Waals surface area contributed by atoms with E-state index in [0.29, 0.717) is 32.5 Å². The van der Waals surface area contributed by atoms with Gasteiger partial charge in [0.1, 0.15) is 0 Å². The molecule has 2 aliphatic heterocycles.